The molecule has 1 heterocycles. The molecule has 1 aliphatic rings. The molecule has 4 nitrogen and oxygen atoms in total. The fraction of sp³-hybridized carbons (Fsp3) is 0.417. The lowest BCUT2D eigenvalue weighted by molar-refractivity contribution is -0.124. The Morgan fingerprint density at radius 3 is 1.71 bits per heavy atom. The number of hydrogen-bond acceptors (Lipinski definition) is 5. The Labute approximate surface area is 222 Å². The normalized spacial score (nSPS) is 15.5. The van der Waals surface area contributed by atoms with Gasteiger partial charge in [0, 0.05) is 16.2 Å². The zero-order valence-corrected chi connectivity index (χ0v) is 22.2. The van der Waals surface area contributed by atoms with Crippen LogP contribution in [-0.2, 0) is 9.59 Å². The van der Waals surface area contributed by atoms with Crippen molar-refractivity contribution in [2.45, 2.75) is 56.3 Å². The van der Waals surface area contributed by atoms with Crippen LogP contribution >= 0.6 is 23.5 Å². The molecule has 1 saturated heterocycles. The minimum atomic E-state index is -4.37. The number of carbonyl (C=O) groups is 2. The molecule has 2 aromatic carbocycles. The smallest absolute Gasteiger partial charge is 0.396 e. The third-order valence-electron chi connectivity index (χ3n) is 5.19. The molecule has 1 aliphatic heterocycles. The van der Waals surface area contributed by atoms with Crippen LogP contribution < -0.4 is 10.6 Å². The zero-order valence-electron chi connectivity index (χ0n) is 20.6. The molecule has 0 saturated carbocycles. The maximum absolute atomic E-state index is 14.2. The van der Waals surface area contributed by atoms with E-state index < -0.39 is 52.7 Å². The minimum absolute atomic E-state index is 0.0653. The van der Waals surface area contributed by atoms with E-state index in [1.807, 2.05) is 0 Å². The highest BCUT2D eigenvalue weighted by molar-refractivity contribution is 7.99. The summed E-state index contributed by atoms with van der Waals surface area (Å²) < 4.78 is 99.9. The van der Waals surface area contributed by atoms with Gasteiger partial charge in [-0.05, 0) is 49.2 Å². The lowest BCUT2D eigenvalue weighted by Crippen LogP contribution is -2.33. The molecule has 0 unspecified atom stereocenters. The molecule has 0 radical (unpaired) electrons. The van der Waals surface area contributed by atoms with Crippen LogP contribution in [0.1, 0.15) is 31.4 Å². The molecular formula is C24H24F8N2O2S2. The number of alkyl halides is 6. The van der Waals surface area contributed by atoms with Gasteiger partial charge < -0.3 is 5.73 Å². The molecule has 3 rings (SSSR count). The summed E-state index contributed by atoms with van der Waals surface area (Å²) in [6.07, 6.45) is -8.67. The fourth-order valence-corrected chi connectivity index (χ4v) is 4.92. The van der Waals surface area contributed by atoms with E-state index in [1.165, 1.54) is 13.0 Å². The van der Waals surface area contributed by atoms with Crippen LogP contribution in [0.25, 0.3) is 0 Å². The van der Waals surface area contributed by atoms with Crippen LogP contribution in [0.15, 0.2) is 34.1 Å². The van der Waals surface area contributed by atoms with Crippen LogP contribution in [0, 0.1) is 30.9 Å². The van der Waals surface area contributed by atoms with Crippen molar-refractivity contribution in [3.8, 4) is 0 Å². The van der Waals surface area contributed by atoms with Crippen molar-refractivity contribution >= 4 is 46.7 Å². The number of halogens is 8. The van der Waals surface area contributed by atoms with Crippen LogP contribution in [0.3, 0.4) is 0 Å². The van der Waals surface area contributed by atoms with Gasteiger partial charge in [-0.25, -0.2) is 13.7 Å². The molecule has 2 N–H and O–H groups in total. The Balaban J connectivity index is 0.000000293. The van der Waals surface area contributed by atoms with Crippen molar-refractivity contribution in [3.05, 3.63) is 47.0 Å². The number of nitrogens with zero attached hydrogens (tertiary/aromatic N) is 1. The number of carbonyl (C=O) groups excluding carboxylic acids is 2. The molecule has 0 bridgehead atoms. The number of thioether (sulfide) groups is 2. The van der Waals surface area contributed by atoms with E-state index in [0.29, 0.717) is 39.5 Å². The topological polar surface area (TPSA) is 63.4 Å². The maximum Gasteiger partial charge on any atom is 0.398 e. The lowest BCUT2D eigenvalue weighted by atomic mass is 9.92. The number of anilines is 2. The second-order valence-corrected chi connectivity index (χ2v) is 11.1. The molecule has 2 amide bonds. The average molecular weight is 589 g/mol. The zero-order chi connectivity index (χ0) is 29.2. The number of amides is 2. The first-order chi connectivity index (χ1) is 17.2. The third-order valence-corrected chi connectivity index (χ3v) is 7.63. The highest BCUT2D eigenvalue weighted by Gasteiger charge is 2.46. The van der Waals surface area contributed by atoms with Gasteiger partial charge >= 0.3 is 12.4 Å². The molecule has 1 fully saturated rings. The third kappa shape index (κ3) is 8.52. The van der Waals surface area contributed by atoms with Crippen molar-refractivity contribution in [3.63, 3.8) is 0 Å². The summed E-state index contributed by atoms with van der Waals surface area (Å²) in [4.78, 5) is 25.5. The predicted octanol–water partition coefficient (Wildman–Crippen LogP) is 7.45. The van der Waals surface area contributed by atoms with Gasteiger partial charge in [0.1, 0.15) is 11.6 Å². The van der Waals surface area contributed by atoms with Crippen LogP contribution in [0.5, 0.6) is 0 Å². The van der Waals surface area contributed by atoms with Crippen molar-refractivity contribution in [1.82, 2.24) is 0 Å². The van der Waals surface area contributed by atoms with Gasteiger partial charge in [-0.3, -0.25) is 9.59 Å². The number of hydrogen-bond donors (Lipinski definition) is 1. The molecule has 14 heteroatoms. The summed E-state index contributed by atoms with van der Waals surface area (Å²) in [5.74, 6) is -4.67. The molecule has 210 valence electrons. The minimum Gasteiger partial charge on any atom is -0.396 e. The van der Waals surface area contributed by atoms with E-state index in [4.69, 9.17) is 5.73 Å². The molecule has 0 atom stereocenters. The van der Waals surface area contributed by atoms with Crippen molar-refractivity contribution in [2.75, 3.05) is 22.1 Å². The number of rotatable bonds is 5. The second kappa shape index (κ2) is 11.7. The van der Waals surface area contributed by atoms with Gasteiger partial charge in [0.25, 0.3) is 0 Å². The highest BCUT2D eigenvalue weighted by Crippen LogP contribution is 2.39. The Morgan fingerprint density at radius 1 is 0.842 bits per heavy atom. The number of benzene rings is 2. The first-order valence-electron chi connectivity index (χ1n) is 10.8. The van der Waals surface area contributed by atoms with Gasteiger partial charge in [-0.2, -0.15) is 26.3 Å². The summed E-state index contributed by atoms with van der Waals surface area (Å²) in [5, 5.41) is 0. The SMILES string of the molecule is Cc1cc(F)c(N)cc1SCC(F)(F)F.Cc1cc(F)c(N2C(=O)CC(C)(C)C2=O)cc1SCC(F)(F)F. The number of nitrogen functional groups attached to an aromatic ring is 1. The molecule has 0 aromatic heterocycles. The van der Waals surface area contributed by atoms with Gasteiger partial charge in [0.05, 0.1) is 28.3 Å². The lowest BCUT2D eigenvalue weighted by Gasteiger charge is -2.20. The van der Waals surface area contributed by atoms with Crippen LogP contribution in [0.4, 0.5) is 46.5 Å². The van der Waals surface area contributed by atoms with Gasteiger partial charge in [0.2, 0.25) is 11.8 Å². The summed E-state index contributed by atoms with van der Waals surface area (Å²) in [6.45, 7) is 6.15. The van der Waals surface area contributed by atoms with Gasteiger partial charge in [-0.15, -0.1) is 23.5 Å². The molecule has 2 aromatic rings. The first kappa shape index (κ1) is 31.7. The number of aryl methyl sites for hydroxylation is 2. The Kier molecular flexibility index (Phi) is 9.79. The van der Waals surface area contributed by atoms with E-state index >= 15 is 0 Å². The summed E-state index contributed by atoms with van der Waals surface area (Å²) >= 11 is 1.10. The quantitative estimate of drug-likeness (QED) is 0.170. The van der Waals surface area contributed by atoms with E-state index in [1.54, 1.807) is 20.8 Å². The van der Waals surface area contributed by atoms with Crippen molar-refractivity contribution in [2.24, 2.45) is 5.41 Å². The molecule has 38 heavy (non-hydrogen) atoms. The maximum atomic E-state index is 14.2. The van der Waals surface area contributed by atoms with Gasteiger partial charge in [-0.1, -0.05) is 13.8 Å². The van der Waals surface area contributed by atoms with Gasteiger partial charge in [0.15, 0.2) is 0 Å². The Morgan fingerprint density at radius 2 is 1.29 bits per heavy atom. The molecular weight excluding hydrogens is 564 g/mol. The standard InChI is InChI=1S/C15H15F4NO2S.C9H9F4NS/c1-8-4-9(16)10(5-11(8)23-7-15(17,18)19)20-12(21)6-14(2,3)13(20)22;1-5-2-6(10)7(14)3-8(5)15-4-9(11,12)13/h4-5H,6-7H2,1-3H3;2-3H,4,14H2,1H3. The number of imide groups is 1. The Bertz CT molecular complexity index is 1210. The Hall–Kier alpha value is -2.48. The van der Waals surface area contributed by atoms with Crippen LogP contribution in [0.2, 0.25) is 0 Å². The van der Waals surface area contributed by atoms with Crippen molar-refractivity contribution in [1.29, 1.82) is 0 Å². The predicted molar refractivity (Wildman–Crippen MR) is 131 cm³/mol. The summed E-state index contributed by atoms with van der Waals surface area (Å²) in [6, 6.07) is 4.54. The van der Waals surface area contributed by atoms with E-state index in [2.05, 4.69) is 0 Å². The largest absolute Gasteiger partial charge is 0.398 e. The first-order valence-corrected chi connectivity index (χ1v) is 12.8. The molecule has 0 spiro atoms. The van der Waals surface area contributed by atoms with Crippen LogP contribution in [-0.4, -0.2) is 35.7 Å². The van der Waals surface area contributed by atoms with Crippen molar-refractivity contribution < 1.29 is 44.7 Å². The monoisotopic (exact) mass is 588 g/mol. The summed E-state index contributed by atoms with van der Waals surface area (Å²) in [5.41, 5.74) is 4.66. The highest BCUT2D eigenvalue weighted by atomic mass is 32.2. The van der Waals surface area contributed by atoms with E-state index in [-0.39, 0.29) is 22.7 Å². The van der Waals surface area contributed by atoms with E-state index in [0.717, 1.165) is 23.1 Å². The average Bonchev–Trinajstić information content (AvgIpc) is 2.95. The second-order valence-electron chi connectivity index (χ2n) is 9.11. The summed E-state index contributed by atoms with van der Waals surface area (Å²) in [7, 11) is 0. The van der Waals surface area contributed by atoms with E-state index in [9.17, 15) is 44.7 Å². The fourth-order valence-electron chi connectivity index (χ4n) is 3.30. The molecule has 0 aliphatic carbocycles. The number of nitrogens with two attached hydrogens (primary N) is 1.